The van der Waals surface area contributed by atoms with Crippen molar-refractivity contribution >= 4 is 27.6 Å². The molecule has 116 valence electrons. The van der Waals surface area contributed by atoms with Gasteiger partial charge in [0.25, 0.3) is 0 Å². The Bertz CT molecular complexity index is 617. The lowest BCUT2D eigenvalue weighted by Crippen LogP contribution is -2.39. The maximum Gasteiger partial charge on any atom is 0.322 e. The normalized spacial score (nSPS) is 10.9. The number of amides is 1. The van der Waals surface area contributed by atoms with E-state index in [-0.39, 0.29) is 4.90 Å². The summed E-state index contributed by atoms with van der Waals surface area (Å²) in [5.41, 5.74) is 0.538. The number of carbonyl (C=O) groups excluding carboxylic acids is 1. The molecule has 0 aliphatic heterocycles. The number of hydrogen-bond acceptors (Lipinski definition) is 6. The lowest BCUT2D eigenvalue weighted by Gasteiger charge is -2.08. The third kappa shape index (κ3) is 5.75. The first-order valence-electron chi connectivity index (χ1n) is 6.02. The van der Waals surface area contributed by atoms with Crippen LogP contribution >= 0.6 is 0 Å². The number of carbonyl (C=O) groups is 2. The average Bonchev–Trinajstić information content (AvgIpc) is 2.44. The second kappa shape index (κ2) is 7.55. The Balaban J connectivity index is 2.67. The molecule has 0 aliphatic carbocycles. The fraction of sp³-hybridized carbons (Fsp3) is 0.364. The highest BCUT2D eigenvalue weighted by Gasteiger charge is 2.16. The van der Waals surface area contributed by atoms with E-state index in [0.29, 0.717) is 12.2 Å². The van der Waals surface area contributed by atoms with Gasteiger partial charge in [-0.1, -0.05) is 0 Å². The zero-order valence-electron chi connectivity index (χ0n) is 11.3. The van der Waals surface area contributed by atoms with Crippen LogP contribution in [0.2, 0.25) is 0 Å². The average molecular weight is 316 g/mol. The predicted molar refractivity (Wildman–Crippen MR) is 74.2 cm³/mol. The van der Waals surface area contributed by atoms with E-state index in [1.807, 2.05) is 12.2 Å². The molecule has 0 saturated carbocycles. The maximum absolute atomic E-state index is 12.0. The molecule has 1 amide bonds. The zero-order chi connectivity index (χ0) is 15.9. The Kier molecular flexibility index (Phi) is 6.06. The van der Waals surface area contributed by atoms with Gasteiger partial charge >= 0.3 is 5.97 Å². The van der Waals surface area contributed by atoms with Crippen molar-refractivity contribution in [2.24, 2.45) is 0 Å². The smallest absolute Gasteiger partial charge is 0.322 e. The van der Waals surface area contributed by atoms with Crippen molar-refractivity contribution in [2.45, 2.75) is 11.8 Å². The van der Waals surface area contributed by atoms with Crippen molar-refractivity contribution in [3.63, 3.8) is 0 Å². The van der Waals surface area contributed by atoms with Gasteiger partial charge in [0.1, 0.15) is 11.4 Å². The second-order valence-corrected chi connectivity index (χ2v) is 5.70. The highest BCUT2D eigenvalue weighted by atomic mass is 32.2. The van der Waals surface area contributed by atoms with Crippen molar-refractivity contribution in [3.05, 3.63) is 18.5 Å². The topological polar surface area (TPSA) is 137 Å². The van der Waals surface area contributed by atoms with E-state index >= 15 is 0 Å². The number of aromatic nitrogens is 1. The number of nitrogens with zero attached hydrogens (tertiary/aromatic N) is 1. The van der Waals surface area contributed by atoms with Crippen molar-refractivity contribution in [2.75, 3.05) is 25.0 Å². The Morgan fingerprint density at radius 2 is 2.00 bits per heavy atom. The SMILES string of the molecule is CCNc1cncc(S(=O)(=O)NCC(=O)NCC(=O)O)c1. The monoisotopic (exact) mass is 316 g/mol. The third-order valence-corrected chi connectivity index (χ3v) is 3.63. The minimum absolute atomic E-state index is 0.0908. The Morgan fingerprint density at radius 1 is 1.29 bits per heavy atom. The summed E-state index contributed by atoms with van der Waals surface area (Å²) >= 11 is 0. The minimum Gasteiger partial charge on any atom is -0.480 e. The summed E-state index contributed by atoms with van der Waals surface area (Å²) in [5, 5.41) is 13.3. The quantitative estimate of drug-likeness (QED) is 0.482. The number of aliphatic carboxylic acids is 1. The van der Waals surface area contributed by atoms with E-state index < -0.39 is 35.0 Å². The fourth-order valence-corrected chi connectivity index (χ4v) is 2.32. The van der Waals surface area contributed by atoms with Crippen LogP contribution in [0.5, 0.6) is 0 Å². The van der Waals surface area contributed by atoms with Crippen LogP contribution in [-0.4, -0.2) is 50.0 Å². The molecule has 1 heterocycles. The summed E-state index contributed by atoms with van der Waals surface area (Å²) in [4.78, 5) is 25.2. The van der Waals surface area contributed by atoms with Crippen molar-refractivity contribution in [3.8, 4) is 0 Å². The summed E-state index contributed by atoms with van der Waals surface area (Å²) in [6, 6.07) is 1.38. The number of anilines is 1. The van der Waals surface area contributed by atoms with Crippen molar-refractivity contribution in [1.29, 1.82) is 0 Å². The van der Waals surface area contributed by atoms with Crippen LogP contribution in [0.15, 0.2) is 23.4 Å². The number of sulfonamides is 1. The number of nitrogens with one attached hydrogen (secondary N) is 3. The standard InChI is InChI=1S/C11H16N4O5S/c1-2-13-8-3-9(5-12-4-8)21(19,20)15-6-10(16)14-7-11(17)18/h3-5,13,15H,2,6-7H2,1H3,(H,14,16)(H,17,18). The van der Waals surface area contributed by atoms with Gasteiger partial charge in [0.15, 0.2) is 0 Å². The van der Waals surface area contributed by atoms with E-state index in [2.05, 4.69) is 15.0 Å². The van der Waals surface area contributed by atoms with E-state index in [1.54, 1.807) is 0 Å². The molecular formula is C11H16N4O5S. The van der Waals surface area contributed by atoms with Crippen molar-refractivity contribution < 1.29 is 23.1 Å². The van der Waals surface area contributed by atoms with Gasteiger partial charge in [-0.05, 0) is 13.0 Å². The Labute approximate surface area is 121 Å². The van der Waals surface area contributed by atoms with Gasteiger partial charge in [0.05, 0.1) is 18.4 Å². The van der Waals surface area contributed by atoms with E-state index in [0.717, 1.165) is 6.20 Å². The number of carboxylic acid groups (broad SMARTS) is 1. The molecule has 1 aromatic heterocycles. The van der Waals surface area contributed by atoms with Gasteiger partial charge < -0.3 is 15.7 Å². The first-order chi connectivity index (χ1) is 9.85. The highest BCUT2D eigenvalue weighted by molar-refractivity contribution is 7.89. The first-order valence-corrected chi connectivity index (χ1v) is 7.50. The molecule has 1 rings (SSSR count). The molecule has 0 atom stereocenters. The molecule has 21 heavy (non-hydrogen) atoms. The summed E-state index contributed by atoms with van der Waals surface area (Å²) < 4.78 is 26.0. The molecule has 0 fully saturated rings. The van der Waals surface area contributed by atoms with E-state index in [9.17, 15) is 18.0 Å². The molecule has 10 heteroatoms. The summed E-state index contributed by atoms with van der Waals surface area (Å²) in [5.74, 6) is -1.95. The first kappa shape index (κ1) is 16.9. The predicted octanol–water partition coefficient (Wildman–Crippen LogP) is -1.01. The minimum atomic E-state index is -3.90. The van der Waals surface area contributed by atoms with Gasteiger partial charge in [-0.2, -0.15) is 0 Å². The molecule has 4 N–H and O–H groups in total. The summed E-state index contributed by atoms with van der Waals surface area (Å²) in [7, 11) is -3.90. The zero-order valence-corrected chi connectivity index (χ0v) is 12.1. The third-order valence-electron chi connectivity index (χ3n) is 2.26. The van der Waals surface area contributed by atoms with Crippen LogP contribution in [0.3, 0.4) is 0 Å². The number of pyridine rings is 1. The van der Waals surface area contributed by atoms with Crippen LogP contribution in [0.25, 0.3) is 0 Å². The lowest BCUT2D eigenvalue weighted by molar-refractivity contribution is -0.137. The number of hydrogen-bond donors (Lipinski definition) is 4. The molecule has 0 saturated heterocycles. The van der Waals surface area contributed by atoms with Crippen LogP contribution in [0.4, 0.5) is 5.69 Å². The molecule has 0 aromatic carbocycles. The highest BCUT2D eigenvalue weighted by Crippen LogP contribution is 2.12. The molecule has 1 aromatic rings. The molecule has 0 unspecified atom stereocenters. The molecular weight excluding hydrogens is 300 g/mol. The van der Waals surface area contributed by atoms with Gasteiger partial charge in [-0.15, -0.1) is 0 Å². The second-order valence-electron chi connectivity index (χ2n) is 3.93. The summed E-state index contributed by atoms with van der Waals surface area (Å²) in [6.07, 6.45) is 2.63. The van der Waals surface area contributed by atoms with Crippen molar-refractivity contribution in [1.82, 2.24) is 15.0 Å². The van der Waals surface area contributed by atoms with Gasteiger partial charge in [-0.3, -0.25) is 14.6 Å². The molecule has 0 aliphatic rings. The number of rotatable bonds is 8. The lowest BCUT2D eigenvalue weighted by atomic mass is 10.4. The maximum atomic E-state index is 12.0. The molecule has 9 nitrogen and oxygen atoms in total. The molecule has 0 bridgehead atoms. The van der Waals surface area contributed by atoms with Crippen LogP contribution < -0.4 is 15.4 Å². The summed E-state index contributed by atoms with van der Waals surface area (Å²) in [6.45, 7) is 1.33. The number of carboxylic acids is 1. The van der Waals surface area contributed by atoms with Gasteiger partial charge in [0, 0.05) is 12.7 Å². The fourth-order valence-electron chi connectivity index (χ4n) is 1.35. The van der Waals surface area contributed by atoms with Crippen LogP contribution in [-0.2, 0) is 19.6 Å². The van der Waals surface area contributed by atoms with Gasteiger partial charge in [0.2, 0.25) is 15.9 Å². The Morgan fingerprint density at radius 3 is 2.62 bits per heavy atom. The largest absolute Gasteiger partial charge is 0.480 e. The Hall–Kier alpha value is -2.20. The van der Waals surface area contributed by atoms with Crippen LogP contribution in [0.1, 0.15) is 6.92 Å². The van der Waals surface area contributed by atoms with E-state index in [1.165, 1.54) is 12.3 Å². The van der Waals surface area contributed by atoms with E-state index in [4.69, 9.17) is 5.11 Å². The molecule has 0 spiro atoms. The molecule has 0 radical (unpaired) electrons. The van der Waals surface area contributed by atoms with Gasteiger partial charge in [-0.25, -0.2) is 13.1 Å². The van der Waals surface area contributed by atoms with Crippen LogP contribution in [0, 0.1) is 0 Å².